The molecule has 2 aromatic carbocycles. The Balaban J connectivity index is 2.24. The third kappa shape index (κ3) is 3.80. The minimum absolute atomic E-state index is 0.316. The first-order valence-corrected chi connectivity index (χ1v) is 6.85. The quantitative estimate of drug-likeness (QED) is 0.854. The molecule has 0 aromatic heterocycles. The molecule has 0 saturated heterocycles. The molecular weight excluding hydrogens is 288 g/mol. The van der Waals surface area contributed by atoms with E-state index in [1.165, 1.54) is 0 Å². The number of nitrogens with two attached hydrogens (primary N) is 1. The number of benzene rings is 2. The van der Waals surface area contributed by atoms with Crippen molar-refractivity contribution >= 4 is 17.3 Å². The van der Waals surface area contributed by atoms with E-state index in [-0.39, 0.29) is 0 Å². The van der Waals surface area contributed by atoms with Crippen molar-refractivity contribution in [2.24, 2.45) is 0 Å². The second-order valence-electron chi connectivity index (χ2n) is 4.36. The molecule has 0 bridgehead atoms. The van der Waals surface area contributed by atoms with E-state index in [1.54, 1.807) is 18.2 Å². The average molecular weight is 303 g/mol. The molecule has 0 saturated carbocycles. The third-order valence-electron chi connectivity index (χ3n) is 2.78. The van der Waals surface area contributed by atoms with Crippen molar-refractivity contribution in [1.82, 2.24) is 0 Å². The Morgan fingerprint density at radius 1 is 1.24 bits per heavy atom. The lowest BCUT2D eigenvalue weighted by Gasteiger charge is -2.14. The predicted octanol–water partition coefficient (Wildman–Crippen LogP) is 3.77. The van der Waals surface area contributed by atoms with Crippen molar-refractivity contribution in [3.05, 3.63) is 52.5 Å². The topological polar surface area (TPSA) is 68.3 Å². The van der Waals surface area contributed by atoms with Gasteiger partial charge in [0.15, 0.2) is 11.5 Å². The summed E-state index contributed by atoms with van der Waals surface area (Å²) < 4.78 is 11.2. The van der Waals surface area contributed by atoms with E-state index in [9.17, 15) is 0 Å². The predicted molar refractivity (Wildman–Crippen MR) is 82.5 cm³/mol. The van der Waals surface area contributed by atoms with Crippen LogP contribution in [0, 0.1) is 11.3 Å². The lowest BCUT2D eigenvalue weighted by atomic mass is 10.2. The van der Waals surface area contributed by atoms with E-state index >= 15 is 0 Å². The zero-order valence-electron chi connectivity index (χ0n) is 11.6. The van der Waals surface area contributed by atoms with Crippen LogP contribution in [-0.2, 0) is 6.61 Å². The average Bonchev–Trinajstić information content (AvgIpc) is 2.46. The van der Waals surface area contributed by atoms with E-state index < -0.39 is 0 Å². The molecule has 2 aromatic rings. The molecule has 2 N–H and O–H groups in total. The van der Waals surface area contributed by atoms with Gasteiger partial charge in [0.1, 0.15) is 6.61 Å². The van der Waals surface area contributed by atoms with Gasteiger partial charge in [-0.1, -0.05) is 23.7 Å². The van der Waals surface area contributed by atoms with Crippen LogP contribution in [0.1, 0.15) is 18.1 Å². The van der Waals surface area contributed by atoms with Gasteiger partial charge >= 0.3 is 0 Å². The molecule has 2 rings (SSSR count). The number of hydrogen-bond donors (Lipinski definition) is 1. The fourth-order valence-corrected chi connectivity index (χ4v) is 2.10. The first-order chi connectivity index (χ1) is 10.1. The summed E-state index contributed by atoms with van der Waals surface area (Å²) in [4.78, 5) is 0. The number of rotatable bonds is 5. The summed E-state index contributed by atoms with van der Waals surface area (Å²) in [6, 6.07) is 12.6. The molecule has 4 nitrogen and oxygen atoms in total. The molecule has 0 aliphatic rings. The number of anilines is 1. The highest BCUT2D eigenvalue weighted by Gasteiger charge is 2.12. The summed E-state index contributed by atoms with van der Waals surface area (Å²) in [5, 5.41) is 9.61. The highest BCUT2D eigenvalue weighted by Crippen LogP contribution is 2.35. The number of nitriles is 1. The molecule has 21 heavy (non-hydrogen) atoms. The van der Waals surface area contributed by atoms with Crippen molar-refractivity contribution < 1.29 is 9.47 Å². The molecule has 0 unspecified atom stereocenters. The summed E-state index contributed by atoms with van der Waals surface area (Å²) in [5.41, 5.74) is 7.68. The van der Waals surface area contributed by atoms with Gasteiger partial charge in [0.05, 0.1) is 23.9 Å². The van der Waals surface area contributed by atoms with Crippen molar-refractivity contribution in [1.29, 1.82) is 5.26 Å². The summed E-state index contributed by atoms with van der Waals surface area (Å²) in [6.45, 7) is 2.63. The SMILES string of the molecule is CCOc1cc(C#N)cc(N)c1OCc1cccc(Cl)c1. The maximum Gasteiger partial charge on any atom is 0.184 e. The normalized spacial score (nSPS) is 9.95. The molecule has 0 fully saturated rings. The van der Waals surface area contributed by atoms with Gasteiger partial charge in [0.2, 0.25) is 0 Å². The Hall–Kier alpha value is -2.38. The Labute approximate surface area is 128 Å². The van der Waals surface area contributed by atoms with E-state index in [2.05, 4.69) is 0 Å². The fraction of sp³-hybridized carbons (Fsp3) is 0.188. The Morgan fingerprint density at radius 3 is 2.71 bits per heavy atom. The van der Waals surface area contributed by atoms with Gasteiger partial charge in [-0.25, -0.2) is 0 Å². The molecule has 0 aliphatic carbocycles. The molecular formula is C16H15ClN2O2. The maximum absolute atomic E-state index is 8.97. The minimum Gasteiger partial charge on any atom is -0.490 e. The smallest absolute Gasteiger partial charge is 0.184 e. The lowest BCUT2D eigenvalue weighted by Crippen LogP contribution is -2.03. The van der Waals surface area contributed by atoms with E-state index in [4.69, 9.17) is 32.1 Å². The fourth-order valence-electron chi connectivity index (χ4n) is 1.89. The molecule has 108 valence electrons. The minimum atomic E-state index is 0.316. The van der Waals surface area contributed by atoms with Gasteiger partial charge in [0, 0.05) is 11.1 Å². The zero-order chi connectivity index (χ0) is 15.2. The molecule has 0 spiro atoms. The summed E-state index contributed by atoms with van der Waals surface area (Å²) in [6.07, 6.45) is 0. The van der Waals surface area contributed by atoms with Crippen LogP contribution in [0.3, 0.4) is 0 Å². The monoisotopic (exact) mass is 302 g/mol. The molecule has 0 heterocycles. The molecule has 0 radical (unpaired) electrons. The second kappa shape index (κ2) is 6.87. The summed E-state index contributed by atoms with van der Waals surface area (Å²) >= 11 is 5.94. The number of nitrogens with zero attached hydrogens (tertiary/aromatic N) is 1. The Morgan fingerprint density at radius 2 is 2.05 bits per heavy atom. The van der Waals surface area contributed by atoms with Gasteiger partial charge in [-0.15, -0.1) is 0 Å². The third-order valence-corrected chi connectivity index (χ3v) is 3.02. The number of hydrogen-bond acceptors (Lipinski definition) is 4. The van der Waals surface area contributed by atoms with Gasteiger partial charge in [-0.2, -0.15) is 5.26 Å². The van der Waals surface area contributed by atoms with Crippen LogP contribution >= 0.6 is 11.6 Å². The summed E-state index contributed by atoms with van der Waals surface area (Å²) in [7, 11) is 0. The largest absolute Gasteiger partial charge is 0.490 e. The van der Waals surface area contributed by atoms with Crippen LogP contribution in [0.5, 0.6) is 11.5 Å². The van der Waals surface area contributed by atoms with Crippen LogP contribution < -0.4 is 15.2 Å². The van der Waals surface area contributed by atoms with Crippen molar-refractivity contribution in [3.63, 3.8) is 0 Å². The van der Waals surface area contributed by atoms with Crippen LogP contribution in [0.4, 0.5) is 5.69 Å². The zero-order valence-corrected chi connectivity index (χ0v) is 12.4. The van der Waals surface area contributed by atoms with E-state index in [0.29, 0.717) is 41.0 Å². The first kappa shape index (κ1) is 15.0. The molecule has 0 atom stereocenters. The van der Waals surface area contributed by atoms with Crippen LogP contribution in [0.2, 0.25) is 5.02 Å². The van der Waals surface area contributed by atoms with Crippen molar-refractivity contribution in [2.45, 2.75) is 13.5 Å². The summed E-state index contributed by atoms with van der Waals surface area (Å²) in [5.74, 6) is 0.909. The van der Waals surface area contributed by atoms with E-state index in [0.717, 1.165) is 5.56 Å². The standard InChI is InChI=1S/C16H15ClN2O2/c1-2-20-15-8-12(9-18)7-14(19)16(15)21-10-11-4-3-5-13(17)6-11/h3-8H,2,10,19H2,1H3. The number of halogens is 1. The van der Waals surface area contributed by atoms with Gasteiger partial charge < -0.3 is 15.2 Å². The van der Waals surface area contributed by atoms with Crippen LogP contribution in [-0.4, -0.2) is 6.61 Å². The number of ether oxygens (including phenoxy) is 2. The Bertz CT molecular complexity index is 680. The lowest BCUT2D eigenvalue weighted by molar-refractivity contribution is 0.271. The Kier molecular flexibility index (Phi) is 4.91. The van der Waals surface area contributed by atoms with Crippen molar-refractivity contribution in [2.75, 3.05) is 12.3 Å². The highest BCUT2D eigenvalue weighted by molar-refractivity contribution is 6.30. The first-order valence-electron chi connectivity index (χ1n) is 6.47. The molecule has 5 heteroatoms. The van der Waals surface area contributed by atoms with Crippen LogP contribution in [0.25, 0.3) is 0 Å². The molecule has 0 amide bonds. The van der Waals surface area contributed by atoms with Gasteiger partial charge in [0.25, 0.3) is 0 Å². The van der Waals surface area contributed by atoms with Gasteiger partial charge in [-0.05, 0) is 30.7 Å². The molecule has 0 aliphatic heterocycles. The van der Waals surface area contributed by atoms with Gasteiger partial charge in [-0.3, -0.25) is 0 Å². The maximum atomic E-state index is 8.97. The van der Waals surface area contributed by atoms with Crippen molar-refractivity contribution in [3.8, 4) is 17.6 Å². The second-order valence-corrected chi connectivity index (χ2v) is 4.79. The highest BCUT2D eigenvalue weighted by atomic mass is 35.5. The van der Waals surface area contributed by atoms with Crippen LogP contribution in [0.15, 0.2) is 36.4 Å². The van der Waals surface area contributed by atoms with E-state index in [1.807, 2.05) is 31.2 Å². The number of nitrogen functional groups attached to an aromatic ring is 1.